The third kappa shape index (κ3) is 12.3. The highest BCUT2D eigenvalue weighted by Crippen LogP contribution is 2.24. The second-order valence-electron chi connectivity index (χ2n) is 10.3. The summed E-state index contributed by atoms with van der Waals surface area (Å²) in [7, 11) is 0. The summed E-state index contributed by atoms with van der Waals surface area (Å²) in [6.45, 7) is 9.27. The molecule has 0 heterocycles. The molecule has 12 heteroatoms. The van der Waals surface area contributed by atoms with E-state index in [1.807, 2.05) is 0 Å². The van der Waals surface area contributed by atoms with E-state index in [1.165, 1.54) is 55.5 Å². The summed E-state index contributed by atoms with van der Waals surface area (Å²) in [5, 5.41) is 0. The number of carbonyl (C=O) groups is 4. The van der Waals surface area contributed by atoms with Crippen molar-refractivity contribution in [3.05, 3.63) is 108 Å². The molecule has 0 bridgehead atoms. The van der Waals surface area contributed by atoms with Crippen LogP contribution in [0.25, 0.3) is 0 Å². The van der Waals surface area contributed by atoms with Gasteiger partial charge in [0.25, 0.3) is 0 Å². The molecule has 0 fully saturated rings. The van der Waals surface area contributed by atoms with Gasteiger partial charge in [-0.25, -0.2) is 28.0 Å². The normalized spacial score (nSPS) is 10.4. The first-order valence-corrected chi connectivity index (χ1v) is 15.1. The first-order valence-electron chi connectivity index (χ1n) is 15.1. The monoisotopic (exact) mass is 666 g/mol. The van der Waals surface area contributed by atoms with Crippen molar-refractivity contribution in [1.29, 1.82) is 0 Å². The van der Waals surface area contributed by atoms with Gasteiger partial charge in [0.1, 0.15) is 34.6 Å². The fraction of sp³-hybridized carbons (Fsp3) is 0.278. The topological polar surface area (TPSA) is 124 Å². The molecule has 48 heavy (non-hydrogen) atoms. The molecule has 0 aliphatic carbocycles. The number of ether oxygens (including phenoxy) is 6. The molecule has 0 amide bonds. The van der Waals surface area contributed by atoms with Crippen molar-refractivity contribution in [3.63, 3.8) is 0 Å². The smallest absolute Gasteiger partial charge is 0.346 e. The van der Waals surface area contributed by atoms with E-state index in [1.54, 1.807) is 0 Å². The lowest BCUT2D eigenvalue weighted by Crippen LogP contribution is -2.12. The van der Waals surface area contributed by atoms with Crippen molar-refractivity contribution in [1.82, 2.24) is 0 Å². The fourth-order valence-corrected chi connectivity index (χ4v) is 3.92. The Morgan fingerprint density at radius 2 is 1.06 bits per heavy atom. The van der Waals surface area contributed by atoms with Crippen LogP contribution in [-0.4, -0.2) is 50.3 Å². The van der Waals surface area contributed by atoms with Gasteiger partial charge in [-0.15, -0.1) is 0 Å². The van der Waals surface area contributed by atoms with E-state index >= 15 is 0 Å². The summed E-state index contributed by atoms with van der Waals surface area (Å²) in [6.07, 6.45) is 4.57. The minimum Gasteiger partial charge on any atom is -0.493 e. The number of rotatable bonds is 19. The number of halogens is 2. The number of carbonyl (C=O) groups excluding carboxylic acids is 4. The van der Waals surface area contributed by atoms with E-state index < -0.39 is 35.5 Å². The average Bonchev–Trinajstić information content (AvgIpc) is 3.06. The van der Waals surface area contributed by atoms with Crippen LogP contribution in [0, 0.1) is 11.6 Å². The third-order valence-electron chi connectivity index (χ3n) is 6.42. The summed E-state index contributed by atoms with van der Waals surface area (Å²) >= 11 is 0. The molecule has 0 N–H and O–H groups in total. The van der Waals surface area contributed by atoms with Gasteiger partial charge in [-0.1, -0.05) is 13.2 Å². The van der Waals surface area contributed by atoms with E-state index in [4.69, 9.17) is 28.4 Å². The third-order valence-corrected chi connectivity index (χ3v) is 6.42. The molecule has 0 spiro atoms. The van der Waals surface area contributed by atoms with Gasteiger partial charge in [0, 0.05) is 30.2 Å². The van der Waals surface area contributed by atoms with Crippen molar-refractivity contribution in [2.75, 3.05) is 26.4 Å². The van der Waals surface area contributed by atoms with Gasteiger partial charge < -0.3 is 28.4 Å². The van der Waals surface area contributed by atoms with Crippen LogP contribution in [-0.2, 0) is 19.1 Å². The SMILES string of the molecule is C=CC(=O)OCCCCCCOc1ccc(C(=O)Oc2ccc(OC(=O)c3ccc(OCCCOC(=O)C(=C)C)cc3F)cc2)c(F)c1. The zero-order valence-corrected chi connectivity index (χ0v) is 26.5. The Balaban J connectivity index is 1.42. The largest absolute Gasteiger partial charge is 0.493 e. The summed E-state index contributed by atoms with van der Waals surface area (Å²) in [6, 6.07) is 12.8. The van der Waals surface area contributed by atoms with Crippen LogP contribution in [0.3, 0.4) is 0 Å². The number of hydrogen-bond donors (Lipinski definition) is 0. The van der Waals surface area contributed by atoms with Crippen molar-refractivity contribution in [3.8, 4) is 23.0 Å². The maximum Gasteiger partial charge on any atom is 0.346 e. The lowest BCUT2D eigenvalue weighted by Gasteiger charge is -2.10. The van der Waals surface area contributed by atoms with Gasteiger partial charge in [-0.3, -0.25) is 0 Å². The second-order valence-corrected chi connectivity index (χ2v) is 10.3. The molecular formula is C36H36F2O10. The van der Waals surface area contributed by atoms with Crippen molar-refractivity contribution in [2.24, 2.45) is 0 Å². The number of unbranched alkanes of at least 4 members (excludes halogenated alkanes) is 3. The first-order chi connectivity index (χ1) is 23.1. The molecule has 254 valence electrons. The molecule has 0 aliphatic heterocycles. The Labute approximate surface area is 276 Å². The van der Waals surface area contributed by atoms with Crippen LogP contribution in [0.15, 0.2) is 85.5 Å². The second kappa shape index (κ2) is 19.2. The molecule has 3 rings (SSSR count). The predicted molar refractivity (Wildman–Crippen MR) is 170 cm³/mol. The highest BCUT2D eigenvalue weighted by molar-refractivity contribution is 5.92. The minimum absolute atomic E-state index is 0.0487. The Morgan fingerprint density at radius 3 is 1.52 bits per heavy atom. The van der Waals surface area contributed by atoms with Crippen LogP contribution >= 0.6 is 0 Å². The molecule has 3 aromatic carbocycles. The van der Waals surface area contributed by atoms with Crippen molar-refractivity contribution in [2.45, 2.75) is 39.0 Å². The van der Waals surface area contributed by atoms with Gasteiger partial charge in [0.2, 0.25) is 0 Å². The number of esters is 4. The van der Waals surface area contributed by atoms with E-state index in [2.05, 4.69) is 13.2 Å². The first kappa shape index (κ1) is 36.9. The van der Waals surface area contributed by atoms with Crippen LogP contribution in [0.4, 0.5) is 8.78 Å². The van der Waals surface area contributed by atoms with Crippen molar-refractivity contribution >= 4 is 23.9 Å². The standard InChI is InChI=1S/C36H36F2O10/c1-4-33(39)45-19-8-6-5-7-18-43-27-14-16-29(31(37)22-27)35(41)47-25-10-12-26(13-11-25)48-36(42)30-17-15-28(23-32(30)38)44-20-9-21-46-34(40)24(2)3/h4,10-17,22-23H,1-2,5-9,18-21H2,3H3. The van der Waals surface area contributed by atoms with Gasteiger partial charge >= 0.3 is 23.9 Å². The van der Waals surface area contributed by atoms with Gasteiger partial charge in [-0.05, 0) is 81.1 Å². The molecular weight excluding hydrogens is 630 g/mol. The predicted octanol–water partition coefficient (Wildman–Crippen LogP) is 6.96. The van der Waals surface area contributed by atoms with Crippen LogP contribution in [0.5, 0.6) is 23.0 Å². The molecule has 0 unspecified atom stereocenters. The Morgan fingerprint density at radius 1 is 0.625 bits per heavy atom. The molecule has 0 aromatic heterocycles. The van der Waals surface area contributed by atoms with Gasteiger partial charge in [-0.2, -0.15) is 0 Å². The molecule has 0 atom stereocenters. The van der Waals surface area contributed by atoms with Gasteiger partial charge in [0.05, 0.1) is 37.6 Å². The molecule has 0 saturated carbocycles. The summed E-state index contributed by atoms with van der Waals surface area (Å²) in [5.74, 6) is -4.03. The summed E-state index contributed by atoms with van der Waals surface area (Å²) in [5.41, 5.74) is -0.356. The Kier molecular flexibility index (Phi) is 14.8. The number of benzene rings is 3. The van der Waals surface area contributed by atoms with E-state index in [0.717, 1.165) is 31.1 Å². The van der Waals surface area contributed by atoms with Gasteiger partial charge in [0.15, 0.2) is 0 Å². The number of hydrogen-bond acceptors (Lipinski definition) is 10. The average molecular weight is 667 g/mol. The van der Waals surface area contributed by atoms with E-state index in [0.29, 0.717) is 32.5 Å². The Bertz CT molecular complexity index is 1600. The zero-order chi connectivity index (χ0) is 34.9. The van der Waals surface area contributed by atoms with Crippen LogP contribution in [0.1, 0.15) is 59.7 Å². The maximum absolute atomic E-state index is 14.6. The molecule has 0 radical (unpaired) electrons. The summed E-state index contributed by atoms with van der Waals surface area (Å²) < 4.78 is 60.5. The minimum atomic E-state index is -0.966. The lowest BCUT2D eigenvalue weighted by atomic mass is 10.2. The van der Waals surface area contributed by atoms with Crippen LogP contribution in [0.2, 0.25) is 0 Å². The maximum atomic E-state index is 14.6. The van der Waals surface area contributed by atoms with E-state index in [9.17, 15) is 28.0 Å². The quantitative estimate of drug-likeness (QED) is 0.0574. The lowest BCUT2D eigenvalue weighted by molar-refractivity contribution is -0.139. The van der Waals surface area contributed by atoms with Crippen molar-refractivity contribution < 1.29 is 56.4 Å². The van der Waals surface area contributed by atoms with Crippen LogP contribution < -0.4 is 18.9 Å². The fourth-order valence-electron chi connectivity index (χ4n) is 3.92. The molecule has 3 aromatic rings. The van der Waals surface area contributed by atoms with E-state index in [-0.39, 0.29) is 52.9 Å². The highest BCUT2D eigenvalue weighted by atomic mass is 19.1. The summed E-state index contributed by atoms with van der Waals surface area (Å²) in [4.78, 5) is 47.4. The highest BCUT2D eigenvalue weighted by Gasteiger charge is 2.18. The molecule has 10 nitrogen and oxygen atoms in total. The molecule has 0 aliphatic rings. The molecule has 0 saturated heterocycles. The Hall–Kier alpha value is -5.52. The zero-order valence-electron chi connectivity index (χ0n) is 26.5.